The van der Waals surface area contributed by atoms with Crippen LogP contribution in [0.3, 0.4) is 0 Å². The zero-order valence-corrected chi connectivity index (χ0v) is 15.3. The lowest BCUT2D eigenvalue weighted by Gasteiger charge is -2.36. The lowest BCUT2D eigenvalue weighted by atomic mass is 9.70. The summed E-state index contributed by atoms with van der Waals surface area (Å²) in [4.78, 5) is 12.5. The number of sulfonamides is 1. The summed E-state index contributed by atoms with van der Waals surface area (Å²) in [5.41, 5.74) is -0.192. The smallest absolute Gasteiger partial charge is 0.231 e. The van der Waals surface area contributed by atoms with Crippen molar-refractivity contribution in [3.05, 3.63) is 23.8 Å². The van der Waals surface area contributed by atoms with Gasteiger partial charge in [-0.15, -0.1) is 0 Å². The summed E-state index contributed by atoms with van der Waals surface area (Å²) in [7, 11) is -3.57. The third kappa shape index (κ3) is 2.56. The molecule has 0 aromatic heterocycles. The molecule has 2 saturated carbocycles. The van der Waals surface area contributed by atoms with E-state index in [-0.39, 0.29) is 30.3 Å². The predicted molar refractivity (Wildman–Crippen MR) is 91.8 cm³/mol. The van der Waals surface area contributed by atoms with Gasteiger partial charge in [-0.05, 0) is 41.9 Å². The highest BCUT2D eigenvalue weighted by molar-refractivity contribution is 7.89. The fourth-order valence-corrected chi connectivity index (χ4v) is 6.54. The largest absolute Gasteiger partial charge is 0.454 e. The fourth-order valence-electron chi connectivity index (χ4n) is 4.73. The van der Waals surface area contributed by atoms with Crippen LogP contribution in [0.1, 0.15) is 38.7 Å². The minimum absolute atomic E-state index is 0.113. The van der Waals surface area contributed by atoms with E-state index in [4.69, 9.17) is 9.47 Å². The second kappa shape index (κ2) is 5.45. The Balaban J connectivity index is 1.48. The average molecular weight is 365 g/mol. The Hall–Kier alpha value is -1.60. The van der Waals surface area contributed by atoms with Gasteiger partial charge in [-0.1, -0.05) is 19.9 Å². The van der Waals surface area contributed by atoms with Gasteiger partial charge in [0.1, 0.15) is 5.78 Å². The van der Waals surface area contributed by atoms with Crippen LogP contribution in [0.2, 0.25) is 0 Å². The molecule has 2 fully saturated rings. The quantitative estimate of drug-likeness (QED) is 0.865. The van der Waals surface area contributed by atoms with Crippen LogP contribution in [0, 0.1) is 16.7 Å². The molecule has 2 atom stereocenters. The highest BCUT2D eigenvalue weighted by atomic mass is 32.2. The molecular formula is C18H23NO5S. The molecular weight excluding hydrogens is 342 g/mol. The van der Waals surface area contributed by atoms with Gasteiger partial charge >= 0.3 is 0 Å². The molecule has 1 aromatic rings. The SMILES string of the molecule is CC1(C)C2CCC1(CS(=O)(=O)NCc1ccc3c(c1)OCO3)C(=O)C2. The van der Waals surface area contributed by atoms with Crippen molar-refractivity contribution in [2.24, 2.45) is 16.7 Å². The van der Waals surface area contributed by atoms with Crippen LogP contribution < -0.4 is 14.2 Å². The number of benzene rings is 1. The first-order chi connectivity index (χ1) is 11.7. The van der Waals surface area contributed by atoms with E-state index >= 15 is 0 Å². The Morgan fingerprint density at radius 2 is 2.00 bits per heavy atom. The van der Waals surface area contributed by atoms with Crippen LogP contribution in [-0.2, 0) is 21.4 Å². The topological polar surface area (TPSA) is 81.7 Å². The number of carbonyl (C=O) groups is 1. The Kier molecular flexibility index (Phi) is 3.67. The van der Waals surface area contributed by atoms with E-state index in [1.165, 1.54) is 0 Å². The summed E-state index contributed by atoms with van der Waals surface area (Å²) < 4.78 is 38.6. The van der Waals surface area contributed by atoms with E-state index in [1.807, 2.05) is 19.9 Å². The number of ether oxygens (including phenoxy) is 2. The minimum atomic E-state index is -3.57. The molecule has 0 radical (unpaired) electrons. The highest BCUT2D eigenvalue weighted by Crippen LogP contribution is 2.64. The molecule has 2 aliphatic carbocycles. The van der Waals surface area contributed by atoms with Gasteiger partial charge in [0.15, 0.2) is 11.5 Å². The number of ketones is 1. The van der Waals surface area contributed by atoms with Crippen LogP contribution in [-0.4, -0.2) is 26.7 Å². The van der Waals surface area contributed by atoms with E-state index in [0.29, 0.717) is 30.3 Å². The first kappa shape index (κ1) is 16.8. The lowest BCUT2D eigenvalue weighted by Crippen LogP contribution is -2.45. The van der Waals surface area contributed by atoms with Crippen molar-refractivity contribution in [2.75, 3.05) is 12.5 Å². The zero-order valence-electron chi connectivity index (χ0n) is 14.5. The van der Waals surface area contributed by atoms with E-state index in [0.717, 1.165) is 12.0 Å². The second-order valence-electron chi connectivity index (χ2n) is 7.93. The van der Waals surface area contributed by atoms with Gasteiger partial charge in [-0.2, -0.15) is 0 Å². The number of nitrogens with one attached hydrogen (secondary N) is 1. The van der Waals surface area contributed by atoms with Crippen molar-refractivity contribution < 1.29 is 22.7 Å². The molecule has 0 spiro atoms. The van der Waals surface area contributed by atoms with E-state index in [9.17, 15) is 13.2 Å². The molecule has 4 rings (SSSR count). The monoisotopic (exact) mass is 365 g/mol. The number of hydrogen-bond acceptors (Lipinski definition) is 5. The summed E-state index contributed by atoms with van der Waals surface area (Å²) in [6.07, 6.45) is 2.13. The van der Waals surface area contributed by atoms with Crippen molar-refractivity contribution in [2.45, 2.75) is 39.7 Å². The summed E-state index contributed by atoms with van der Waals surface area (Å²) in [6.45, 7) is 4.45. The molecule has 25 heavy (non-hydrogen) atoms. The molecule has 2 unspecified atom stereocenters. The first-order valence-electron chi connectivity index (χ1n) is 8.63. The molecule has 1 N–H and O–H groups in total. The van der Waals surface area contributed by atoms with Gasteiger partial charge in [0.05, 0.1) is 5.75 Å². The Labute approximate surface area is 147 Å². The Morgan fingerprint density at radius 1 is 1.24 bits per heavy atom. The highest BCUT2D eigenvalue weighted by Gasteiger charge is 2.65. The summed E-state index contributed by atoms with van der Waals surface area (Å²) in [6, 6.07) is 5.36. The van der Waals surface area contributed by atoms with E-state index < -0.39 is 15.4 Å². The van der Waals surface area contributed by atoms with E-state index in [2.05, 4.69) is 4.72 Å². The molecule has 1 aliphatic heterocycles. The molecule has 2 bridgehead atoms. The van der Waals surface area contributed by atoms with Crippen LogP contribution in [0.5, 0.6) is 11.5 Å². The average Bonchev–Trinajstić information content (AvgIpc) is 3.15. The normalized spacial score (nSPS) is 29.4. The minimum Gasteiger partial charge on any atom is -0.454 e. The Bertz CT molecular complexity index is 832. The summed E-state index contributed by atoms with van der Waals surface area (Å²) in [5.74, 6) is 1.60. The number of fused-ring (bicyclic) bond motifs is 3. The molecule has 136 valence electrons. The van der Waals surface area contributed by atoms with Gasteiger partial charge in [-0.3, -0.25) is 4.79 Å². The fraction of sp³-hybridized carbons (Fsp3) is 0.611. The van der Waals surface area contributed by atoms with Gasteiger partial charge in [-0.25, -0.2) is 13.1 Å². The molecule has 7 heteroatoms. The third-order valence-electron chi connectivity index (χ3n) is 6.51. The molecule has 0 amide bonds. The van der Waals surface area contributed by atoms with Crippen LogP contribution in [0.15, 0.2) is 18.2 Å². The van der Waals surface area contributed by atoms with E-state index in [1.54, 1.807) is 12.1 Å². The Morgan fingerprint density at radius 3 is 2.68 bits per heavy atom. The van der Waals surface area contributed by atoms with Crippen molar-refractivity contribution in [1.29, 1.82) is 0 Å². The first-order valence-corrected chi connectivity index (χ1v) is 10.3. The van der Waals surface area contributed by atoms with Crippen molar-refractivity contribution >= 4 is 15.8 Å². The van der Waals surface area contributed by atoms with Crippen LogP contribution in [0.4, 0.5) is 0 Å². The number of Topliss-reactive ketones (excluding diaryl/α,β-unsaturated/α-hetero) is 1. The standard InChI is InChI=1S/C18H23NO5S/c1-17(2)13-5-6-18(17,16(20)8-13)10-25(21,22)19-9-12-3-4-14-15(7-12)24-11-23-14/h3-4,7,13,19H,5-6,8-11H2,1-2H3. The number of carbonyl (C=O) groups excluding carboxylic acids is 1. The summed E-state index contributed by atoms with van der Waals surface area (Å²) >= 11 is 0. The maximum atomic E-state index is 12.7. The molecule has 3 aliphatic rings. The number of hydrogen-bond donors (Lipinski definition) is 1. The van der Waals surface area contributed by atoms with Crippen molar-refractivity contribution in [1.82, 2.24) is 4.72 Å². The van der Waals surface area contributed by atoms with Crippen molar-refractivity contribution in [3.8, 4) is 11.5 Å². The van der Waals surface area contributed by atoms with Crippen LogP contribution >= 0.6 is 0 Å². The molecule has 1 heterocycles. The van der Waals surface area contributed by atoms with Crippen molar-refractivity contribution in [3.63, 3.8) is 0 Å². The molecule has 0 saturated heterocycles. The van der Waals surface area contributed by atoms with Crippen LogP contribution in [0.25, 0.3) is 0 Å². The van der Waals surface area contributed by atoms with Gasteiger partial charge in [0.25, 0.3) is 0 Å². The van der Waals surface area contributed by atoms with Gasteiger partial charge in [0, 0.05) is 18.4 Å². The van der Waals surface area contributed by atoms with Gasteiger partial charge < -0.3 is 9.47 Å². The molecule has 1 aromatic carbocycles. The second-order valence-corrected chi connectivity index (χ2v) is 9.74. The third-order valence-corrected chi connectivity index (χ3v) is 7.97. The maximum absolute atomic E-state index is 12.7. The zero-order chi connectivity index (χ0) is 17.9. The molecule has 6 nitrogen and oxygen atoms in total. The maximum Gasteiger partial charge on any atom is 0.231 e. The predicted octanol–water partition coefficient (Wildman–Crippen LogP) is 2.23. The lowest BCUT2D eigenvalue weighted by molar-refractivity contribution is -0.128. The van der Waals surface area contributed by atoms with Gasteiger partial charge in [0.2, 0.25) is 16.8 Å². The summed E-state index contributed by atoms with van der Waals surface area (Å²) in [5, 5.41) is 0. The number of rotatable bonds is 5.